The van der Waals surface area contributed by atoms with Gasteiger partial charge in [0, 0.05) is 25.1 Å². The number of rotatable bonds is 4. The first kappa shape index (κ1) is 12.7. The number of carboxylic acids is 1. The van der Waals surface area contributed by atoms with Crippen molar-refractivity contribution in [1.82, 2.24) is 14.9 Å². The molecule has 2 heterocycles. The van der Waals surface area contributed by atoms with E-state index in [1.165, 1.54) is 25.9 Å². The number of aryl methyl sites for hydroxylation is 1. The third-order valence-electron chi connectivity index (χ3n) is 4.31. The highest BCUT2D eigenvalue weighted by molar-refractivity contribution is 5.70. The number of carboxylic acid groups (broad SMARTS) is 1. The van der Waals surface area contributed by atoms with E-state index in [9.17, 15) is 4.79 Å². The summed E-state index contributed by atoms with van der Waals surface area (Å²) in [5.74, 6) is 0.112. The Bertz CT molecular complexity index is 463. The Hall–Kier alpha value is -1.36. The second-order valence-corrected chi connectivity index (χ2v) is 5.69. The van der Waals surface area contributed by atoms with Gasteiger partial charge in [0.05, 0.1) is 11.6 Å². The van der Waals surface area contributed by atoms with Gasteiger partial charge in [-0.25, -0.2) is 4.98 Å². The zero-order valence-corrected chi connectivity index (χ0v) is 11.2. The SMILES string of the molecule is O=C(O)C1CCc2nc(CCN3CCCC3)[nH]c2C1. The first-order valence-electron chi connectivity index (χ1n) is 7.24. The predicted octanol–water partition coefficient (Wildman–Crippen LogP) is 1.24. The second kappa shape index (κ2) is 5.33. The molecule has 104 valence electrons. The third-order valence-corrected chi connectivity index (χ3v) is 4.31. The van der Waals surface area contributed by atoms with E-state index in [1.807, 2.05) is 0 Å². The summed E-state index contributed by atoms with van der Waals surface area (Å²) in [6.07, 6.45) is 5.71. The fraction of sp³-hybridized carbons (Fsp3) is 0.714. The largest absolute Gasteiger partial charge is 0.481 e. The zero-order chi connectivity index (χ0) is 13.2. The minimum Gasteiger partial charge on any atom is -0.481 e. The van der Waals surface area contributed by atoms with Crippen LogP contribution in [0.1, 0.15) is 36.5 Å². The van der Waals surface area contributed by atoms with Crippen LogP contribution in [0.15, 0.2) is 0 Å². The number of carbonyl (C=O) groups is 1. The number of H-pyrrole nitrogens is 1. The van der Waals surface area contributed by atoms with E-state index in [0.29, 0.717) is 6.42 Å². The average Bonchev–Trinajstić information content (AvgIpc) is 3.04. The number of hydrogen-bond donors (Lipinski definition) is 2. The molecule has 1 unspecified atom stereocenters. The molecule has 19 heavy (non-hydrogen) atoms. The standard InChI is InChI=1S/C14H21N3O2/c18-14(19)10-3-4-11-12(9-10)16-13(15-11)5-8-17-6-1-2-7-17/h10H,1-9H2,(H,15,16)(H,18,19). The van der Waals surface area contributed by atoms with Crippen LogP contribution >= 0.6 is 0 Å². The van der Waals surface area contributed by atoms with Crippen LogP contribution in [0.2, 0.25) is 0 Å². The zero-order valence-electron chi connectivity index (χ0n) is 11.2. The molecule has 2 aliphatic rings. The molecule has 1 aromatic heterocycles. The number of aliphatic carboxylic acids is 1. The molecule has 1 aliphatic heterocycles. The molecular formula is C14H21N3O2. The molecule has 0 spiro atoms. The van der Waals surface area contributed by atoms with Gasteiger partial charge in [-0.15, -0.1) is 0 Å². The third kappa shape index (κ3) is 2.81. The lowest BCUT2D eigenvalue weighted by Gasteiger charge is -2.16. The van der Waals surface area contributed by atoms with Gasteiger partial charge in [0.2, 0.25) is 0 Å². The lowest BCUT2D eigenvalue weighted by molar-refractivity contribution is -0.142. The van der Waals surface area contributed by atoms with E-state index in [1.54, 1.807) is 0 Å². The van der Waals surface area contributed by atoms with Gasteiger partial charge in [0.1, 0.15) is 5.82 Å². The van der Waals surface area contributed by atoms with E-state index in [2.05, 4.69) is 14.9 Å². The van der Waals surface area contributed by atoms with Gasteiger partial charge in [-0.1, -0.05) is 0 Å². The van der Waals surface area contributed by atoms with Gasteiger partial charge in [-0.3, -0.25) is 4.79 Å². The van der Waals surface area contributed by atoms with Crippen LogP contribution in [0.4, 0.5) is 0 Å². The molecule has 3 rings (SSSR count). The molecule has 1 aliphatic carbocycles. The Balaban J connectivity index is 1.61. The summed E-state index contributed by atoms with van der Waals surface area (Å²) in [7, 11) is 0. The summed E-state index contributed by atoms with van der Waals surface area (Å²) < 4.78 is 0. The highest BCUT2D eigenvalue weighted by Gasteiger charge is 2.26. The number of aromatic amines is 1. The normalized spacial score (nSPS) is 23.5. The topological polar surface area (TPSA) is 69.2 Å². The molecule has 5 nitrogen and oxygen atoms in total. The number of imidazole rings is 1. The Kier molecular flexibility index (Phi) is 3.55. The van der Waals surface area contributed by atoms with E-state index in [4.69, 9.17) is 5.11 Å². The molecule has 5 heteroatoms. The van der Waals surface area contributed by atoms with Crippen molar-refractivity contribution < 1.29 is 9.90 Å². The number of fused-ring (bicyclic) bond motifs is 1. The number of nitrogens with zero attached hydrogens (tertiary/aromatic N) is 2. The monoisotopic (exact) mass is 263 g/mol. The molecule has 0 aromatic carbocycles. The lowest BCUT2D eigenvalue weighted by Crippen LogP contribution is -2.22. The molecule has 1 saturated heterocycles. The van der Waals surface area contributed by atoms with Gasteiger partial charge in [0.25, 0.3) is 0 Å². The Morgan fingerprint density at radius 1 is 1.42 bits per heavy atom. The van der Waals surface area contributed by atoms with Gasteiger partial charge in [-0.05, 0) is 38.8 Å². The van der Waals surface area contributed by atoms with E-state index >= 15 is 0 Å². The fourth-order valence-electron chi connectivity index (χ4n) is 3.14. The molecule has 1 fully saturated rings. The highest BCUT2D eigenvalue weighted by Crippen LogP contribution is 2.24. The summed E-state index contributed by atoms with van der Waals surface area (Å²) >= 11 is 0. The van der Waals surface area contributed by atoms with Crippen LogP contribution in [-0.2, 0) is 24.1 Å². The van der Waals surface area contributed by atoms with Crippen molar-refractivity contribution in [2.24, 2.45) is 5.92 Å². The first-order chi connectivity index (χ1) is 9.22. The average molecular weight is 263 g/mol. The van der Waals surface area contributed by atoms with E-state index < -0.39 is 5.97 Å². The van der Waals surface area contributed by atoms with Crippen molar-refractivity contribution in [2.45, 2.75) is 38.5 Å². The molecule has 2 N–H and O–H groups in total. The summed E-state index contributed by atoms with van der Waals surface area (Å²) in [4.78, 5) is 21.5. The molecular weight excluding hydrogens is 242 g/mol. The van der Waals surface area contributed by atoms with Crippen molar-refractivity contribution in [3.8, 4) is 0 Å². The summed E-state index contributed by atoms with van der Waals surface area (Å²) in [5, 5.41) is 9.08. The Morgan fingerprint density at radius 2 is 2.21 bits per heavy atom. The van der Waals surface area contributed by atoms with Crippen LogP contribution in [0, 0.1) is 5.92 Å². The summed E-state index contributed by atoms with van der Waals surface area (Å²) in [5.41, 5.74) is 2.14. The van der Waals surface area contributed by atoms with Gasteiger partial charge < -0.3 is 15.0 Å². The molecule has 0 radical (unpaired) electrons. The van der Waals surface area contributed by atoms with Crippen LogP contribution in [0.25, 0.3) is 0 Å². The van der Waals surface area contributed by atoms with Crippen molar-refractivity contribution in [1.29, 1.82) is 0 Å². The van der Waals surface area contributed by atoms with E-state index in [-0.39, 0.29) is 5.92 Å². The van der Waals surface area contributed by atoms with E-state index in [0.717, 1.165) is 43.0 Å². The Morgan fingerprint density at radius 3 is 2.95 bits per heavy atom. The molecule has 1 atom stereocenters. The Labute approximate surface area is 113 Å². The molecule has 1 aromatic rings. The van der Waals surface area contributed by atoms with Crippen LogP contribution in [-0.4, -0.2) is 45.6 Å². The second-order valence-electron chi connectivity index (χ2n) is 5.69. The lowest BCUT2D eigenvalue weighted by atomic mass is 9.90. The maximum absolute atomic E-state index is 11.0. The van der Waals surface area contributed by atoms with Gasteiger partial charge >= 0.3 is 5.97 Å². The number of aromatic nitrogens is 2. The van der Waals surface area contributed by atoms with Crippen molar-refractivity contribution in [3.05, 3.63) is 17.2 Å². The van der Waals surface area contributed by atoms with Crippen LogP contribution < -0.4 is 0 Å². The first-order valence-corrected chi connectivity index (χ1v) is 7.24. The van der Waals surface area contributed by atoms with Crippen LogP contribution in [0.5, 0.6) is 0 Å². The maximum Gasteiger partial charge on any atom is 0.306 e. The maximum atomic E-state index is 11.0. The quantitative estimate of drug-likeness (QED) is 0.857. The minimum absolute atomic E-state index is 0.237. The minimum atomic E-state index is -0.682. The van der Waals surface area contributed by atoms with Gasteiger partial charge in [-0.2, -0.15) is 0 Å². The summed E-state index contributed by atoms with van der Waals surface area (Å²) in [6, 6.07) is 0. The van der Waals surface area contributed by atoms with Crippen molar-refractivity contribution >= 4 is 5.97 Å². The number of hydrogen-bond acceptors (Lipinski definition) is 3. The van der Waals surface area contributed by atoms with Crippen LogP contribution in [0.3, 0.4) is 0 Å². The highest BCUT2D eigenvalue weighted by atomic mass is 16.4. The number of likely N-dealkylation sites (tertiary alicyclic amines) is 1. The number of nitrogens with one attached hydrogen (secondary N) is 1. The molecule has 0 amide bonds. The fourth-order valence-corrected chi connectivity index (χ4v) is 3.14. The predicted molar refractivity (Wildman–Crippen MR) is 71.1 cm³/mol. The smallest absolute Gasteiger partial charge is 0.306 e. The summed E-state index contributed by atoms with van der Waals surface area (Å²) in [6.45, 7) is 3.48. The molecule has 0 saturated carbocycles. The molecule has 0 bridgehead atoms. The van der Waals surface area contributed by atoms with Crippen molar-refractivity contribution in [3.63, 3.8) is 0 Å². The van der Waals surface area contributed by atoms with Gasteiger partial charge in [0.15, 0.2) is 0 Å². The van der Waals surface area contributed by atoms with Crippen molar-refractivity contribution in [2.75, 3.05) is 19.6 Å².